The summed E-state index contributed by atoms with van der Waals surface area (Å²) in [4.78, 5) is 57.4. The van der Waals surface area contributed by atoms with Crippen LogP contribution in [0.1, 0.15) is 48.1 Å². The Bertz CT molecular complexity index is 1900. The average molecular weight is 590 g/mol. The normalized spacial score (nSPS) is 18.5. The number of carbonyl (C=O) groups excluding carboxylic acids is 3. The van der Waals surface area contributed by atoms with Gasteiger partial charge >= 0.3 is 0 Å². The minimum atomic E-state index is -1.62. The minimum absolute atomic E-state index is 0.0125. The first-order chi connectivity index (χ1) is 20.3. The molecule has 0 saturated heterocycles. The molecule has 12 nitrogen and oxygen atoms in total. The van der Waals surface area contributed by atoms with Crippen molar-refractivity contribution < 1.29 is 38.8 Å². The molecule has 3 N–H and O–H groups in total. The summed E-state index contributed by atoms with van der Waals surface area (Å²) in [5.74, 6) is -1.55. The predicted octanol–water partition coefficient (Wildman–Crippen LogP) is 2.89. The standard InChI is InChI=1S/C31H31N3O9/c1-13-26(37)24(15(3)35)28-25(27(13)38)31(5)22(43-28)12-19(36)23(29(31)39)14(2)32-8-9-34-16(4)33-18-11-21(42-7)20(41-6)10-17(18)30(34)40/h10-12,32,37-38H,8-9H2,1-7H3/b23-14+/t31-/m0/s1. The fourth-order valence-electron chi connectivity index (χ4n) is 5.73. The van der Waals surface area contributed by atoms with E-state index in [4.69, 9.17) is 14.2 Å². The molecule has 0 saturated carbocycles. The van der Waals surface area contributed by atoms with E-state index in [1.54, 1.807) is 26.0 Å². The molecule has 2 aromatic carbocycles. The van der Waals surface area contributed by atoms with Gasteiger partial charge < -0.3 is 29.7 Å². The number of fused-ring (bicyclic) bond motifs is 4. The van der Waals surface area contributed by atoms with E-state index in [-0.39, 0.29) is 58.1 Å². The van der Waals surface area contributed by atoms with Gasteiger partial charge in [0, 0.05) is 36.5 Å². The van der Waals surface area contributed by atoms with Gasteiger partial charge in [-0.2, -0.15) is 0 Å². The molecule has 0 radical (unpaired) electrons. The molecule has 0 fully saturated rings. The first-order valence-electron chi connectivity index (χ1n) is 13.4. The molecule has 1 aromatic heterocycles. The van der Waals surface area contributed by atoms with Crippen molar-refractivity contribution in [1.82, 2.24) is 14.9 Å². The number of aromatic nitrogens is 2. The number of allylic oxidation sites excluding steroid dienone is 4. The van der Waals surface area contributed by atoms with Crippen LogP contribution in [0.15, 0.2) is 40.0 Å². The second-order valence-corrected chi connectivity index (χ2v) is 10.7. The molecule has 0 unspecified atom stereocenters. The lowest BCUT2D eigenvalue weighted by Gasteiger charge is -2.29. The highest BCUT2D eigenvalue weighted by Gasteiger charge is 2.56. The van der Waals surface area contributed by atoms with Gasteiger partial charge in [-0.25, -0.2) is 4.98 Å². The van der Waals surface area contributed by atoms with Crippen molar-refractivity contribution in [1.29, 1.82) is 0 Å². The third kappa shape index (κ3) is 4.24. The van der Waals surface area contributed by atoms with Crippen molar-refractivity contribution in [2.45, 2.75) is 46.6 Å². The van der Waals surface area contributed by atoms with E-state index in [1.807, 2.05) is 0 Å². The maximum Gasteiger partial charge on any atom is 0.261 e. The summed E-state index contributed by atoms with van der Waals surface area (Å²) in [5.41, 5.74) is -1.51. The predicted molar refractivity (Wildman–Crippen MR) is 155 cm³/mol. The van der Waals surface area contributed by atoms with Gasteiger partial charge in [-0.05, 0) is 40.7 Å². The van der Waals surface area contributed by atoms with Crippen LogP contribution in [0.2, 0.25) is 0 Å². The molecule has 2 heterocycles. The monoisotopic (exact) mass is 589 g/mol. The molecular formula is C31H31N3O9. The Balaban J connectivity index is 1.48. The summed E-state index contributed by atoms with van der Waals surface area (Å²) in [6.07, 6.45) is 1.15. The van der Waals surface area contributed by atoms with Gasteiger partial charge in [0.25, 0.3) is 5.56 Å². The number of nitrogens with one attached hydrogen (secondary N) is 1. The van der Waals surface area contributed by atoms with Gasteiger partial charge in [-0.1, -0.05) is 0 Å². The van der Waals surface area contributed by atoms with Gasteiger partial charge in [-0.15, -0.1) is 0 Å². The van der Waals surface area contributed by atoms with E-state index < -0.39 is 34.3 Å². The molecule has 0 spiro atoms. The number of rotatable bonds is 7. The van der Waals surface area contributed by atoms with E-state index in [9.17, 15) is 29.4 Å². The van der Waals surface area contributed by atoms with E-state index in [0.29, 0.717) is 28.2 Å². The molecule has 0 bridgehead atoms. The maximum atomic E-state index is 14.0. The maximum absolute atomic E-state index is 14.0. The van der Waals surface area contributed by atoms with Gasteiger partial charge in [-0.3, -0.25) is 23.7 Å². The van der Waals surface area contributed by atoms with Crippen molar-refractivity contribution in [2.24, 2.45) is 0 Å². The number of carbonyl (C=O) groups is 3. The Morgan fingerprint density at radius 2 is 1.72 bits per heavy atom. The molecule has 3 aromatic rings. The molecule has 224 valence electrons. The third-order valence-corrected chi connectivity index (χ3v) is 8.14. The molecule has 1 atom stereocenters. The number of phenolic OH excluding ortho intramolecular Hbond substituents is 2. The number of Topliss-reactive ketones (excluding diaryl/α,β-unsaturated/α-hetero) is 2. The number of benzene rings is 2. The van der Waals surface area contributed by atoms with Gasteiger partial charge in [0.05, 0.1) is 36.3 Å². The highest BCUT2D eigenvalue weighted by Crippen LogP contribution is 2.57. The average Bonchev–Trinajstić information content (AvgIpc) is 3.25. The Morgan fingerprint density at radius 3 is 2.35 bits per heavy atom. The quantitative estimate of drug-likeness (QED) is 0.211. The van der Waals surface area contributed by atoms with E-state index in [2.05, 4.69) is 10.3 Å². The second kappa shape index (κ2) is 10.3. The topological polar surface area (TPSA) is 166 Å². The summed E-state index contributed by atoms with van der Waals surface area (Å²) < 4.78 is 17.9. The lowest BCUT2D eigenvalue weighted by Crippen LogP contribution is -2.41. The van der Waals surface area contributed by atoms with Crippen LogP contribution in [0, 0.1) is 13.8 Å². The minimum Gasteiger partial charge on any atom is -0.507 e. The van der Waals surface area contributed by atoms with E-state index in [1.165, 1.54) is 39.6 Å². The molecule has 43 heavy (non-hydrogen) atoms. The fourth-order valence-corrected chi connectivity index (χ4v) is 5.73. The van der Waals surface area contributed by atoms with Crippen molar-refractivity contribution in [3.05, 3.63) is 68.1 Å². The fraction of sp³-hybridized carbons (Fsp3) is 0.323. The molecule has 2 aliphatic rings. The number of nitrogens with zero attached hydrogens (tertiary/aromatic N) is 2. The first-order valence-corrected chi connectivity index (χ1v) is 13.4. The lowest BCUT2D eigenvalue weighted by atomic mass is 9.70. The number of phenols is 2. The van der Waals surface area contributed by atoms with Gasteiger partial charge in [0.15, 0.2) is 28.8 Å². The zero-order valence-electron chi connectivity index (χ0n) is 24.8. The third-order valence-electron chi connectivity index (χ3n) is 8.14. The van der Waals surface area contributed by atoms with Crippen LogP contribution < -0.4 is 25.1 Å². The highest BCUT2D eigenvalue weighted by atomic mass is 16.5. The van der Waals surface area contributed by atoms with E-state index in [0.717, 1.165) is 6.08 Å². The van der Waals surface area contributed by atoms with Crippen LogP contribution in [0.4, 0.5) is 0 Å². The summed E-state index contributed by atoms with van der Waals surface area (Å²) >= 11 is 0. The van der Waals surface area contributed by atoms with Crippen LogP contribution >= 0.6 is 0 Å². The van der Waals surface area contributed by atoms with Crippen LogP contribution in [-0.2, 0) is 21.5 Å². The number of aryl methyl sites for hydroxylation is 1. The van der Waals surface area contributed by atoms with Crippen molar-refractivity contribution in [2.75, 3.05) is 20.8 Å². The number of methoxy groups -OCH3 is 2. The molecule has 5 rings (SSSR count). The molecule has 12 heteroatoms. The van der Waals surface area contributed by atoms with Crippen LogP contribution in [0.5, 0.6) is 28.7 Å². The summed E-state index contributed by atoms with van der Waals surface area (Å²) in [6.45, 7) is 7.75. The van der Waals surface area contributed by atoms with Crippen molar-refractivity contribution >= 4 is 28.3 Å². The van der Waals surface area contributed by atoms with Crippen LogP contribution in [0.25, 0.3) is 10.9 Å². The van der Waals surface area contributed by atoms with Gasteiger partial charge in [0.2, 0.25) is 0 Å². The van der Waals surface area contributed by atoms with Crippen LogP contribution in [-0.4, -0.2) is 57.9 Å². The molecule has 1 aliphatic carbocycles. The largest absolute Gasteiger partial charge is 0.507 e. The van der Waals surface area contributed by atoms with Crippen molar-refractivity contribution in [3.8, 4) is 28.7 Å². The number of hydrogen-bond donors (Lipinski definition) is 3. The number of ether oxygens (including phenoxy) is 3. The first kappa shape index (κ1) is 29.4. The van der Waals surface area contributed by atoms with Crippen molar-refractivity contribution in [3.63, 3.8) is 0 Å². The Kier molecular flexibility index (Phi) is 7.03. The SMILES string of the molecule is COc1cc2nc(C)n(CCN/C(C)=C3\C(=O)C=C4Oc5c(C(C)=O)c(O)c(C)c(O)c5[C@@]4(C)C3=O)c(=O)c2cc1OC. The highest BCUT2D eigenvalue weighted by molar-refractivity contribution is 6.31. The Labute approximate surface area is 246 Å². The molecule has 1 aliphatic heterocycles. The Morgan fingerprint density at radius 1 is 1.07 bits per heavy atom. The van der Waals surface area contributed by atoms with Gasteiger partial charge in [0.1, 0.15) is 39.8 Å². The summed E-state index contributed by atoms with van der Waals surface area (Å²) in [7, 11) is 2.97. The Hall–Kier alpha value is -5.13. The second-order valence-electron chi connectivity index (χ2n) is 10.7. The number of ketones is 3. The van der Waals surface area contributed by atoms with E-state index >= 15 is 0 Å². The zero-order valence-corrected chi connectivity index (χ0v) is 24.8. The number of aromatic hydroxyl groups is 2. The molecular weight excluding hydrogens is 558 g/mol. The summed E-state index contributed by atoms with van der Waals surface area (Å²) in [5, 5.41) is 24.9. The number of hydrogen-bond acceptors (Lipinski definition) is 11. The smallest absolute Gasteiger partial charge is 0.261 e. The van der Waals surface area contributed by atoms with Crippen LogP contribution in [0.3, 0.4) is 0 Å². The summed E-state index contributed by atoms with van der Waals surface area (Å²) in [6, 6.07) is 3.20. The molecule has 0 amide bonds. The lowest BCUT2D eigenvalue weighted by molar-refractivity contribution is -0.123. The zero-order chi connectivity index (χ0) is 31.5.